The van der Waals surface area contributed by atoms with Crippen molar-refractivity contribution in [2.75, 3.05) is 0 Å². The molecule has 0 amide bonds. The molecule has 0 aromatic carbocycles. The highest BCUT2D eigenvalue weighted by atomic mass is 32.2. The largest absolute Gasteiger partial charge is 0.546 e. The monoisotopic (exact) mass is 422 g/mol. The first kappa shape index (κ1) is 19.4. The van der Waals surface area contributed by atoms with E-state index in [9.17, 15) is 0 Å². The second kappa shape index (κ2) is 7.01. The van der Waals surface area contributed by atoms with Gasteiger partial charge in [0.1, 0.15) is 0 Å². The summed E-state index contributed by atoms with van der Waals surface area (Å²) in [6.07, 6.45) is 9.96. The third-order valence-electron chi connectivity index (χ3n) is 8.50. The fraction of sp³-hybridized carbons (Fsp3) is 0.913. The molecule has 5 aliphatic rings. The van der Waals surface area contributed by atoms with Crippen molar-refractivity contribution in [3.8, 4) is 0 Å². The zero-order valence-corrected chi connectivity index (χ0v) is 20.5. The molecule has 3 aliphatic carbocycles. The van der Waals surface area contributed by atoms with Crippen molar-refractivity contribution in [2.24, 2.45) is 23.7 Å². The van der Waals surface area contributed by atoms with E-state index < -0.39 is 8.32 Å². The molecule has 27 heavy (non-hydrogen) atoms. The average Bonchev–Trinajstić information content (AvgIpc) is 3.29. The molecule has 0 radical (unpaired) electrons. The summed E-state index contributed by atoms with van der Waals surface area (Å²) in [5, 5.41) is 3.51. The zero-order valence-electron chi connectivity index (χ0n) is 17.9. The van der Waals surface area contributed by atoms with Crippen molar-refractivity contribution < 1.29 is 4.43 Å². The molecule has 1 nitrogen and oxygen atoms in total. The molecule has 2 saturated heterocycles. The van der Waals surface area contributed by atoms with Crippen molar-refractivity contribution in [1.29, 1.82) is 0 Å². The first-order chi connectivity index (χ1) is 12.8. The van der Waals surface area contributed by atoms with Gasteiger partial charge < -0.3 is 4.43 Å². The Morgan fingerprint density at radius 3 is 2.15 bits per heavy atom. The highest BCUT2D eigenvalue weighted by molar-refractivity contribution is 8.02. The average molecular weight is 423 g/mol. The predicted octanol–water partition coefficient (Wildman–Crippen LogP) is 7.10. The van der Waals surface area contributed by atoms with Crippen LogP contribution in [0.5, 0.6) is 0 Å². The van der Waals surface area contributed by atoms with Crippen LogP contribution in [0, 0.1) is 23.7 Å². The van der Waals surface area contributed by atoms with Gasteiger partial charge in [-0.3, -0.25) is 0 Å². The smallest absolute Gasteiger partial charge is 0.250 e. The lowest BCUT2D eigenvalue weighted by Crippen LogP contribution is -2.44. The van der Waals surface area contributed by atoms with Crippen LogP contribution in [0.1, 0.15) is 65.7 Å². The lowest BCUT2D eigenvalue weighted by Gasteiger charge is -2.39. The third kappa shape index (κ3) is 3.19. The molecule has 2 aliphatic heterocycles. The number of hydrogen-bond donors (Lipinski definition) is 0. The third-order valence-corrected chi connectivity index (χ3v) is 15.3. The lowest BCUT2D eigenvalue weighted by atomic mass is 9.81. The highest BCUT2D eigenvalue weighted by Gasteiger charge is 2.63. The van der Waals surface area contributed by atoms with E-state index in [1.54, 1.807) is 5.57 Å². The molecule has 5 rings (SSSR count). The number of thioether (sulfide) groups is 2. The highest BCUT2D eigenvalue weighted by Crippen LogP contribution is 2.66. The molecule has 0 aromatic heterocycles. The molecule has 8 unspecified atom stereocenters. The van der Waals surface area contributed by atoms with Gasteiger partial charge in [0.2, 0.25) is 8.32 Å². The van der Waals surface area contributed by atoms with Gasteiger partial charge in [-0.15, -0.1) is 0 Å². The Kier molecular flexibility index (Phi) is 5.04. The summed E-state index contributed by atoms with van der Waals surface area (Å²) < 4.78 is 7.24. The Morgan fingerprint density at radius 1 is 0.926 bits per heavy atom. The Morgan fingerprint density at radius 2 is 1.52 bits per heavy atom. The Hall–Kier alpha value is 0.457. The van der Waals surface area contributed by atoms with Crippen LogP contribution in [0.4, 0.5) is 0 Å². The molecular formula is C23H38OS2Si. The van der Waals surface area contributed by atoms with E-state index in [2.05, 4.69) is 57.4 Å². The van der Waals surface area contributed by atoms with E-state index in [0.29, 0.717) is 0 Å². The summed E-state index contributed by atoms with van der Waals surface area (Å²) in [5.41, 5.74) is 2.46. The van der Waals surface area contributed by atoms with E-state index in [4.69, 9.17) is 4.43 Å². The number of rotatable bonds is 3. The maximum absolute atomic E-state index is 7.24. The van der Waals surface area contributed by atoms with E-state index in [-0.39, 0.29) is 0 Å². The van der Waals surface area contributed by atoms with Gasteiger partial charge in [-0.1, -0.05) is 26.7 Å². The van der Waals surface area contributed by atoms with Crippen LogP contribution in [0.3, 0.4) is 0 Å². The Bertz CT molecular complexity index is 608. The summed E-state index contributed by atoms with van der Waals surface area (Å²) >= 11 is 4.67. The maximum Gasteiger partial charge on any atom is 0.250 e. The van der Waals surface area contributed by atoms with Crippen molar-refractivity contribution in [2.45, 2.75) is 105 Å². The van der Waals surface area contributed by atoms with Crippen LogP contribution in [0.2, 0.25) is 18.6 Å². The van der Waals surface area contributed by atoms with Gasteiger partial charge in [-0.2, -0.15) is 23.5 Å². The van der Waals surface area contributed by atoms with Gasteiger partial charge in [-0.05, 0) is 75.4 Å². The minimum absolute atomic E-state index is 0.767. The molecule has 152 valence electrons. The second-order valence-electron chi connectivity index (χ2n) is 10.9. The van der Waals surface area contributed by atoms with Gasteiger partial charge in [0.15, 0.2) is 0 Å². The minimum Gasteiger partial charge on any atom is -0.546 e. The van der Waals surface area contributed by atoms with Crippen LogP contribution in [-0.2, 0) is 4.43 Å². The van der Waals surface area contributed by atoms with Gasteiger partial charge >= 0.3 is 0 Å². The van der Waals surface area contributed by atoms with Gasteiger partial charge in [0.25, 0.3) is 0 Å². The Labute approximate surface area is 176 Å². The van der Waals surface area contributed by atoms with Crippen LogP contribution in [0.25, 0.3) is 0 Å². The van der Waals surface area contributed by atoms with Crippen molar-refractivity contribution in [3.63, 3.8) is 0 Å². The zero-order chi connectivity index (χ0) is 18.9. The van der Waals surface area contributed by atoms with Gasteiger partial charge in [-0.25, -0.2) is 0 Å². The summed E-state index contributed by atoms with van der Waals surface area (Å²) in [5.74, 6) is 5.12. The number of allylic oxidation sites excluding steroid dienone is 2. The summed E-state index contributed by atoms with van der Waals surface area (Å²) in [7, 11) is -1.78. The SMILES string of the molecule is CC1=C(O[Si](C)(C)C2C3SC(C)CC3C3CC(C)SC32)C2CCCCC2C1. The number of hydrogen-bond acceptors (Lipinski definition) is 3. The molecular weight excluding hydrogens is 384 g/mol. The topological polar surface area (TPSA) is 9.23 Å². The molecule has 4 fully saturated rings. The lowest BCUT2D eigenvalue weighted by molar-refractivity contribution is 0.232. The minimum atomic E-state index is -1.78. The standard InChI is InChI=1S/C23H38OS2Si/c1-13-10-16-8-6-7-9-17(16)20(13)24-27(4,5)23-21-18(11-14(2)25-21)19-12-15(3)26-22(19)23/h14-19,21-23H,6-12H2,1-5H3. The van der Waals surface area contributed by atoms with Crippen LogP contribution < -0.4 is 0 Å². The fourth-order valence-corrected chi connectivity index (χ4v) is 16.6. The summed E-state index contributed by atoms with van der Waals surface area (Å²) in [6, 6.07) is 0. The fourth-order valence-electron chi connectivity index (χ4n) is 7.52. The Balaban J connectivity index is 1.41. The summed E-state index contributed by atoms with van der Waals surface area (Å²) in [6.45, 7) is 12.5. The molecule has 4 heteroatoms. The molecule has 2 saturated carbocycles. The predicted molar refractivity (Wildman–Crippen MR) is 123 cm³/mol. The molecule has 0 spiro atoms. The summed E-state index contributed by atoms with van der Waals surface area (Å²) in [4.78, 5) is 0. The van der Waals surface area contributed by atoms with E-state index in [1.807, 2.05) is 0 Å². The molecule has 2 heterocycles. The van der Waals surface area contributed by atoms with Crippen LogP contribution in [-0.4, -0.2) is 29.3 Å². The van der Waals surface area contributed by atoms with E-state index in [1.165, 1.54) is 50.7 Å². The quantitative estimate of drug-likeness (QED) is 0.449. The first-order valence-electron chi connectivity index (χ1n) is 11.5. The number of fused-ring (bicyclic) bond motifs is 4. The normalized spacial score (nSPS) is 49.3. The molecule has 0 aromatic rings. The molecule has 0 bridgehead atoms. The molecule has 8 atom stereocenters. The van der Waals surface area contributed by atoms with Gasteiger partial charge in [0.05, 0.1) is 5.76 Å². The van der Waals surface area contributed by atoms with Gasteiger partial charge in [0, 0.05) is 32.5 Å². The van der Waals surface area contributed by atoms with Crippen molar-refractivity contribution in [1.82, 2.24) is 0 Å². The maximum atomic E-state index is 7.24. The molecule has 0 N–H and O–H groups in total. The van der Waals surface area contributed by atoms with Crippen LogP contribution >= 0.6 is 23.5 Å². The van der Waals surface area contributed by atoms with Crippen LogP contribution in [0.15, 0.2) is 11.3 Å². The van der Waals surface area contributed by atoms with Crippen molar-refractivity contribution >= 4 is 31.8 Å². The van der Waals surface area contributed by atoms with Crippen molar-refractivity contribution in [3.05, 3.63) is 11.3 Å². The van der Waals surface area contributed by atoms with E-state index in [0.717, 1.165) is 50.2 Å². The first-order valence-corrected chi connectivity index (χ1v) is 16.4. The van der Waals surface area contributed by atoms with E-state index >= 15 is 0 Å². The second-order valence-corrected chi connectivity index (χ2v) is 18.2.